The summed E-state index contributed by atoms with van der Waals surface area (Å²) in [4.78, 5) is 26.7. The fourth-order valence-electron chi connectivity index (χ4n) is 11.3. The lowest BCUT2D eigenvalue weighted by Crippen LogP contribution is -2.61. The van der Waals surface area contributed by atoms with E-state index in [1.165, 1.54) is 180 Å². The average molecular weight is 1240 g/mol. The molecule has 1 aliphatic heterocycles. The van der Waals surface area contributed by atoms with Crippen LogP contribution in [-0.4, -0.2) is 99.6 Å². The SMILES string of the molecule is CC/C=C\C/C=C\C/C=C\C/C=C\C/C=C\CCCCCCCCCCCC(=O)OC1C(OCC(NC(=O)C(O)CCCCCCCCCCCCCC/C=C/CCCCCCCC)C(O)/C=C/CCCCCCCCCCCC)OC(CO)C(O)C1O. The van der Waals surface area contributed by atoms with Crippen LogP contribution in [0.4, 0.5) is 0 Å². The lowest BCUT2D eigenvalue weighted by atomic mass is 9.99. The van der Waals surface area contributed by atoms with Crippen LogP contribution in [0.25, 0.3) is 0 Å². The predicted octanol–water partition coefficient (Wildman–Crippen LogP) is 19.2. The molecule has 8 atom stereocenters. The summed E-state index contributed by atoms with van der Waals surface area (Å²) >= 11 is 0. The Balaban J connectivity index is 2.56. The highest BCUT2D eigenvalue weighted by Crippen LogP contribution is 2.26. The monoisotopic (exact) mass is 1240 g/mol. The third-order valence-electron chi connectivity index (χ3n) is 17.0. The molecule has 1 heterocycles. The molecule has 0 spiro atoms. The van der Waals surface area contributed by atoms with Crippen molar-refractivity contribution in [3.8, 4) is 0 Å². The van der Waals surface area contributed by atoms with Crippen LogP contribution < -0.4 is 5.32 Å². The molecule has 6 N–H and O–H groups in total. The minimum atomic E-state index is -1.62. The Morgan fingerprint density at radius 2 is 0.818 bits per heavy atom. The maximum absolute atomic E-state index is 13.5. The van der Waals surface area contributed by atoms with E-state index < -0.39 is 67.4 Å². The maximum Gasteiger partial charge on any atom is 0.306 e. The molecule has 1 saturated heterocycles. The second-order valence-corrected chi connectivity index (χ2v) is 25.3. The zero-order valence-corrected chi connectivity index (χ0v) is 56.8. The number of ether oxygens (including phenoxy) is 3. The van der Waals surface area contributed by atoms with E-state index in [0.29, 0.717) is 19.3 Å². The summed E-state index contributed by atoms with van der Waals surface area (Å²) in [7, 11) is 0. The lowest BCUT2D eigenvalue weighted by molar-refractivity contribution is -0.305. The highest BCUT2D eigenvalue weighted by molar-refractivity contribution is 5.80. The molecule has 1 fully saturated rings. The molecule has 88 heavy (non-hydrogen) atoms. The second kappa shape index (κ2) is 64.0. The molecule has 1 rings (SSSR count). The molecule has 11 heteroatoms. The fourth-order valence-corrected chi connectivity index (χ4v) is 11.3. The van der Waals surface area contributed by atoms with Gasteiger partial charge in [-0.05, 0) is 96.3 Å². The summed E-state index contributed by atoms with van der Waals surface area (Å²) in [5, 5.41) is 57.3. The zero-order valence-electron chi connectivity index (χ0n) is 56.8. The van der Waals surface area contributed by atoms with Gasteiger partial charge in [-0.25, -0.2) is 0 Å². The number of esters is 1. The van der Waals surface area contributed by atoms with Gasteiger partial charge in [-0.15, -0.1) is 0 Å². The molecule has 0 aliphatic carbocycles. The molecular weight excluding hydrogens is 1100 g/mol. The summed E-state index contributed by atoms with van der Waals surface area (Å²) in [5.74, 6) is -1.19. The lowest BCUT2D eigenvalue weighted by Gasteiger charge is -2.41. The highest BCUT2D eigenvalue weighted by Gasteiger charge is 2.47. The van der Waals surface area contributed by atoms with Crippen LogP contribution in [0.3, 0.4) is 0 Å². The van der Waals surface area contributed by atoms with Crippen molar-refractivity contribution in [1.82, 2.24) is 5.32 Å². The van der Waals surface area contributed by atoms with Gasteiger partial charge in [0.15, 0.2) is 12.4 Å². The summed E-state index contributed by atoms with van der Waals surface area (Å²) < 4.78 is 17.7. The third-order valence-corrected chi connectivity index (χ3v) is 17.0. The van der Waals surface area contributed by atoms with Gasteiger partial charge in [-0.2, -0.15) is 0 Å². The fraction of sp³-hybridized carbons (Fsp3) is 0.792. The van der Waals surface area contributed by atoms with Crippen LogP contribution in [0, 0.1) is 0 Å². The Labute approximate surface area is 540 Å². The molecule has 11 nitrogen and oxygen atoms in total. The van der Waals surface area contributed by atoms with E-state index in [-0.39, 0.29) is 13.0 Å². The summed E-state index contributed by atoms with van der Waals surface area (Å²) in [6.45, 7) is 5.71. The van der Waals surface area contributed by atoms with Gasteiger partial charge in [0.05, 0.1) is 25.4 Å². The van der Waals surface area contributed by atoms with Crippen molar-refractivity contribution in [2.45, 2.75) is 378 Å². The predicted molar refractivity (Wildman–Crippen MR) is 370 cm³/mol. The number of aliphatic hydroxyl groups is 5. The van der Waals surface area contributed by atoms with E-state index in [0.717, 1.165) is 103 Å². The first-order valence-corrected chi connectivity index (χ1v) is 36.9. The van der Waals surface area contributed by atoms with Gasteiger partial charge in [0.25, 0.3) is 0 Å². The van der Waals surface area contributed by atoms with Gasteiger partial charge < -0.3 is 45.1 Å². The molecule has 0 aromatic carbocycles. The maximum atomic E-state index is 13.5. The van der Waals surface area contributed by atoms with Crippen LogP contribution in [0.5, 0.6) is 0 Å². The molecule has 0 bridgehead atoms. The average Bonchev–Trinajstić information content (AvgIpc) is 2.54. The number of aliphatic hydroxyl groups excluding tert-OH is 5. The largest absolute Gasteiger partial charge is 0.454 e. The minimum absolute atomic E-state index is 0.114. The van der Waals surface area contributed by atoms with Gasteiger partial charge >= 0.3 is 5.97 Å². The molecule has 0 aromatic heterocycles. The topological polar surface area (TPSA) is 175 Å². The first-order chi connectivity index (χ1) is 43.2. The molecule has 0 aromatic rings. The van der Waals surface area contributed by atoms with Crippen molar-refractivity contribution < 1.29 is 49.3 Å². The zero-order chi connectivity index (χ0) is 63.9. The van der Waals surface area contributed by atoms with Gasteiger partial charge in [0.1, 0.15) is 24.4 Å². The highest BCUT2D eigenvalue weighted by atomic mass is 16.7. The number of rotatable bonds is 63. The number of carbonyl (C=O) groups excluding carboxylic acids is 2. The molecule has 1 amide bonds. The Hall–Kier alpha value is -3.16. The Bertz CT molecular complexity index is 1760. The Morgan fingerprint density at radius 1 is 0.455 bits per heavy atom. The molecule has 8 unspecified atom stereocenters. The smallest absolute Gasteiger partial charge is 0.306 e. The van der Waals surface area contributed by atoms with Crippen molar-refractivity contribution in [2.24, 2.45) is 0 Å². The first-order valence-electron chi connectivity index (χ1n) is 36.9. The van der Waals surface area contributed by atoms with Gasteiger partial charge in [0, 0.05) is 6.42 Å². The summed E-state index contributed by atoms with van der Waals surface area (Å²) in [5.41, 5.74) is 0. The van der Waals surface area contributed by atoms with Crippen molar-refractivity contribution in [3.05, 3.63) is 85.1 Å². The number of hydrogen-bond donors (Lipinski definition) is 6. The van der Waals surface area contributed by atoms with E-state index in [9.17, 15) is 35.1 Å². The quantitative estimate of drug-likeness (QED) is 0.0195. The minimum Gasteiger partial charge on any atom is -0.454 e. The Kier molecular flexibility index (Phi) is 60.2. The van der Waals surface area contributed by atoms with Crippen molar-refractivity contribution in [1.29, 1.82) is 0 Å². The van der Waals surface area contributed by atoms with E-state index in [4.69, 9.17) is 14.2 Å². The standard InChI is InChI=1S/C77H137NO10/c1-4-7-10-13-16-19-22-25-27-29-31-33-35-36-37-39-41-43-45-47-50-53-56-59-62-65-72(82)88-75-74(84)73(83)71(66-79)87-77(75)86-67-68(69(80)63-60-57-54-51-48-24-21-18-15-12-9-6-3)78-76(85)70(81)64-61-58-55-52-49-46-44-42-40-38-34-32-30-28-26-23-20-17-14-11-8-5-2/h7,10,16,19,25-28,31,33,36-37,60,63,68-71,73-75,77,79-81,83-84H,4-6,8-9,11-15,17-18,20-24,29-30,32,34-35,38-59,61-62,64-67H2,1-3H3,(H,78,85)/b10-7-,19-16-,27-25-,28-26+,33-31-,37-36-,63-60+. The van der Waals surface area contributed by atoms with Crippen LogP contribution in [-0.2, 0) is 23.8 Å². The molecule has 0 saturated carbocycles. The van der Waals surface area contributed by atoms with Crippen LogP contribution >= 0.6 is 0 Å². The molecule has 0 radical (unpaired) electrons. The first kappa shape index (κ1) is 82.9. The molecule has 510 valence electrons. The molecular formula is C77H137NO10. The van der Waals surface area contributed by atoms with E-state index >= 15 is 0 Å². The number of unbranched alkanes of at least 4 members (excludes halogenated alkanes) is 37. The van der Waals surface area contributed by atoms with Crippen LogP contribution in [0.2, 0.25) is 0 Å². The summed E-state index contributed by atoms with van der Waals surface area (Å²) in [6.07, 6.45) is 74.8. The number of amides is 1. The van der Waals surface area contributed by atoms with Crippen molar-refractivity contribution in [3.63, 3.8) is 0 Å². The Morgan fingerprint density at radius 3 is 1.24 bits per heavy atom. The number of allylic oxidation sites excluding steroid dienone is 13. The van der Waals surface area contributed by atoms with Crippen molar-refractivity contribution >= 4 is 11.9 Å². The van der Waals surface area contributed by atoms with Gasteiger partial charge in [-0.1, -0.05) is 311 Å². The van der Waals surface area contributed by atoms with E-state index in [1.807, 2.05) is 6.08 Å². The third kappa shape index (κ3) is 50.5. The number of carbonyl (C=O) groups is 2. The van der Waals surface area contributed by atoms with Gasteiger partial charge in [0.2, 0.25) is 5.91 Å². The number of nitrogens with one attached hydrogen (secondary N) is 1. The van der Waals surface area contributed by atoms with Crippen molar-refractivity contribution in [2.75, 3.05) is 13.2 Å². The number of hydrogen-bond acceptors (Lipinski definition) is 10. The van der Waals surface area contributed by atoms with Crippen LogP contribution in [0.15, 0.2) is 85.1 Å². The van der Waals surface area contributed by atoms with E-state index in [2.05, 4.69) is 99.0 Å². The normalized spacial score (nSPS) is 18.7. The van der Waals surface area contributed by atoms with Crippen LogP contribution in [0.1, 0.15) is 329 Å². The van der Waals surface area contributed by atoms with E-state index in [1.54, 1.807) is 6.08 Å². The summed E-state index contributed by atoms with van der Waals surface area (Å²) in [6, 6.07) is -1.03. The van der Waals surface area contributed by atoms with Gasteiger partial charge in [-0.3, -0.25) is 9.59 Å². The molecule has 1 aliphatic rings. The second-order valence-electron chi connectivity index (χ2n) is 25.3.